The van der Waals surface area contributed by atoms with Crippen LogP contribution < -0.4 is 16.2 Å². The highest BCUT2D eigenvalue weighted by Gasteiger charge is 2.18. The fourth-order valence-electron chi connectivity index (χ4n) is 1.83. The van der Waals surface area contributed by atoms with Gasteiger partial charge in [0.25, 0.3) is 11.6 Å². The summed E-state index contributed by atoms with van der Waals surface area (Å²) in [6.07, 6.45) is 0. The number of carbonyl (C=O) groups excluding carboxylic acids is 1. The largest absolute Gasteiger partial charge is 0.357 e. The Kier molecular flexibility index (Phi) is 5.59. The number of nitrogens with zero attached hydrogens (tertiary/aromatic N) is 1. The molecule has 2 aromatic carbocycles. The number of para-hydroxylation sites is 1. The average molecular weight is 330 g/mol. The predicted molar refractivity (Wildman–Crippen MR) is 89.6 cm³/mol. The molecule has 0 saturated heterocycles. The first kappa shape index (κ1) is 16.4. The minimum Gasteiger partial charge on any atom is -0.357 e. The molecule has 3 N–H and O–H groups in total. The molecule has 0 radical (unpaired) electrons. The Bertz CT molecular complexity index is 722. The van der Waals surface area contributed by atoms with Crippen molar-refractivity contribution in [3.8, 4) is 0 Å². The number of hydrogen-bond acceptors (Lipinski definition) is 4. The van der Waals surface area contributed by atoms with Gasteiger partial charge in [0.05, 0.1) is 4.92 Å². The van der Waals surface area contributed by atoms with Crippen molar-refractivity contribution in [2.24, 2.45) is 0 Å². The Labute approximate surface area is 137 Å². The van der Waals surface area contributed by atoms with E-state index in [0.29, 0.717) is 6.54 Å². The highest BCUT2D eigenvalue weighted by atomic mass is 32.1. The molecule has 1 amide bonds. The first-order valence-corrected chi connectivity index (χ1v) is 7.10. The van der Waals surface area contributed by atoms with Crippen molar-refractivity contribution < 1.29 is 9.72 Å². The van der Waals surface area contributed by atoms with E-state index in [0.717, 1.165) is 5.56 Å². The third-order valence-corrected chi connectivity index (χ3v) is 3.18. The maximum Gasteiger partial charge on any atom is 0.282 e. The van der Waals surface area contributed by atoms with Gasteiger partial charge < -0.3 is 5.32 Å². The smallest absolute Gasteiger partial charge is 0.282 e. The first-order valence-electron chi connectivity index (χ1n) is 6.69. The van der Waals surface area contributed by atoms with Crippen LogP contribution in [0.25, 0.3) is 0 Å². The zero-order chi connectivity index (χ0) is 16.7. The summed E-state index contributed by atoms with van der Waals surface area (Å²) in [5, 5.41) is 14.0. The monoisotopic (exact) mass is 330 g/mol. The fraction of sp³-hybridized carbons (Fsp3) is 0.0667. The van der Waals surface area contributed by atoms with Gasteiger partial charge in [-0.15, -0.1) is 0 Å². The number of carbonyl (C=O) groups is 1. The van der Waals surface area contributed by atoms with Crippen LogP contribution in [0, 0.1) is 10.1 Å². The maximum atomic E-state index is 12.0. The van der Waals surface area contributed by atoms with Crippen LogP contribution in [0.3, 0.4) is 0 Å². The van der Waals surface area contributed by atoms with Crippen LogP contribution in [0.15, 0.2) is 54.6 Å². The van der Waals surface area contributed by atoms with Gasteiger partial charge in [-0.25, -0.2) is 0 Å². The van der Waals surface area contributed by atoms with Gasteiger partial charge in [0.15, 0.2) is 5.11 Å². The normalized spacial score (nSPS) is 9.74. The number of nitrogens with one attached hydrogen (secondary N) is 3. The van der Waals surface area contributed by atoms with Crippen molar-refractivity contribution in [2.75, 3.05) is 0 Å². The molecule has 0 heterocycles. The molecule has 0 spiro atoms. The van der Waals surface area contributed by atoms with E-state index in [-0.39, 0.29) is 16.4 Å². The lowest BCUT2D eigenvalue weighted by Gasteiger charge is -2.11. The Morgan fingerprint density at radius 3 is 2.39 bits per heavy atom. The molecule has 0 aliphatic heterocycles. The fourth-order valence-corrected chi connectivity index (χ4v) is 1.95. The van der Waals surface area contributed by atoms with Gasteiger partial charge in [-0.2, -0.15) is 0 Å². The van der Waals surface area contributed by atoms with Crippen LogP contribution in [0.2, 0.25) is 0 Å². The number of rotatable bonds is 4. The molecule has 0 aliphatic carbocycles. The van der Waals surface area contributed by atoms with E-state index in [4.69, 9.17) is 12.2 Å². The Morgan fingerprint density at radius 2 is 1.70 bits per heavy atom. The second-order valence-corrected chi connectivity index (χ2v) is 4.93. The number of amides is 1. The minimum atomic E-state index is -0.638. The second kappa shape index (κ2) is 7.85. The van der Waals surface area contributed by atoms with Crippen molar-refractivity contribution >= 4 is 28.9 Å². The first-order chi connectivity index (χ1) is 11.1. The van der Waals surface area contributed by atoms with Crippen LogP contribution in [0.5, 0.6) is 0 Å². The lowest BCUT2D eigenvalue weighted by atomic mass is 10.2. The molecule has 0 atom stereocenters. The quantitative estimate of drug-likeness (QED) is 0.450. The van der Waals surface area contributed by atoms with Crippen LogP contribution in [-0.4, -0.2) is 15.9 Å². The SMILES string of the molecule is O=C(NNC(=S)NCc1ccccc1)c1ccccc1[N+](=O)[O-]. The van der Waals surface area contributed by atoms with Crippen LogP contribution >= 0.6 is 12.2 Å². The van der Waals surface area contributed by atoms with E-state index in [1.165, 1.54) is 18.2 Å². The molecule has 0 aromatic heterocycles. The van der Waals surface area contributed by atoms with E-state index >= 15 is 0 Å². The van der Waals surface area contributed by atoms with Crippen molar-refractivity contribution in [2.45, 2.75) is 6.54 Å². The van der Waals surface area contributed by atoms with E-state index in [1.54, 1.807) is 6.07 Å². The van der Waals surface area contributed by atoms with Crippen LogP contribution in [0.4, 0.5) is 5.69 Å². The Morgan fingerprint density at radius 1 is 1.04 bits per heavy atom. The van der Waals surface area contributed by atoms with E-state index in [1.807, 2.05) is 30.3 Å². The summed E-state index contributed by atoms with van der Waals surface area (Å²) >= 11 is 5.04. The number of nitro groups is 1. The van der Waals surface area contributed by atoms with Gasteiger partial charge >= 0.3 is 0 Å². The zero-order valence-electron chi connectivity index (χ0n) is 12.0. The molecule has 118 valence electrons. The Balaban J connectivity index is 1.87. The molecule has 0 aliphatic rings. The number of thiocarbonyl (C=S) groups is 1. The molecule has 8 heteroatoms. The van der Waals surface area contributed by atoms with Gasteiger partial charge in [-0.3, -0.25) is 25.8 Å². The van der Waals surface area contributed by atoms with Crippen LogP contribution in [0.1, 0.15) is 15.9 Å². The molecule has 23 heavy (non-hydrogen) atoms. The summed E-state index contributed by atoms with van der Waals surface area (Å²) in [4.78, 5) is 22.3. The van der Waals surface area contributed by atoms with Gasteiger partial charge in [0, 0.05) is 12.6 Å². The number of nitro benzene ring substituents is 1. The number of benzene rings is 2. The third kappa shape index (κ3) is 4.75. The molecule has 2 aromatic rings. The summed E-state index contributed by atoms with van der Waals surface area (Å²) in [5.41, 5.74) is 5.56. The highest BCUT2D eigenvalue weighted by molar-refractivity contribution is 7.80. The summed E-state index contributed by atoms with van der Waals surface area (Å²) in [7, 11) is 0. The topological polar surface area (TPSA) is 96.3 Å². The predicted octanol–water partition coefficient (Wildman–Crippen LogP) is 1.90. The van der Waals surface area contributed by atoms with Crippen molar-refractivity contribution in [3.05, 3.63) is 75.8 Å². The zero-order valence-corrected chi connectivity index (χ0v) is 12.8. The summed E-state index contributed by atoms with van der Waals surface area (Å²) in [5.74, 6) is -0.638. The van der Waals surface area contributed by atoms with E-state index in [2.05, 4.69) is 16.2 Å². The Hall–Kier alpha value is -3.00. The summed E-state index contributed by atoms with van der Waals surface area (Å²) < 4.78 is 0. The van der Waals surface area contributed by atoms with Crippen molar-refractivity contribution in [1.29, 1.82) is 0 Å². The molecular formula is C15H14N4O3S. The van der Waals surface area contributed by atoms with E-state index in [9.17, 15) is 14.9 Å². The third-order valence-electron chi connectivity index (χ3n) is 2.93. The van der Waals surface area contributed by atoms with Crippen molar-refractivity contribution in [1.82, 2.24) is 16.2 Å². The van der Waals surface area contributed by atoms with Crippen LogP contribution in [-0.2, 0) is 6.54 Å². The molecular weight excluding hydrogens is 316 g/mol. The van der Waals surface area contributed by atoms with Gasteiger partial charge in [0.1, 0.15) is 5.56 Å². The minimum absolute atomic E-state index is 0.0455. The lowest BCUT2D eigenvalue weighted by molar-refractivity contribution is -0.385. The van der Waals surface area contributed by atoms with Gasteiger partial charge in [-0.05, 0) is 23.8 Å². The second-order valence-electron chi connectivity index (χ2n) is 4.52. The maximum absolute atomic E-state index is 12.0. The van der Waals surface area contributed by atoms with Gasteiger partial charge in [-0.1, -0.05) is 42.5 Å². The molecule has 2 rings (SSSR count). The number of hydrazine groups is 1. The highest BCUT2D eigenvalue weighted by Crippen LogP contribution is 2.16. The average Bonchev–Trinajstić information content (AvgIpc) is 2.58. The molecule has 0 saturated carbocycles. The van der Waals surface area contributed by atoms with Crippen molar-refractivity contribution in [3.63, 3.8) is 0 Å². The number of hydrogen-bond donors (Lipinski definition) is 3. The molecule has 0 bridgehead atoms. The van der Waals surface area contributed by atoms with Gasteiger partial charge in [0.2, 0.25) is 0 Å². The molecule has 0 unspecified atom stereocenters. The summed E-state index contributed by atoms with van der Waals surface area (Å²) in [6.45, 7) is 0.494. The standard InChI is InChI=1S/C15H14N4O3S/c20-14(12-8-4-5-9-13(12)19(21)22)17-18-15(23)16-10-11-6-2-1-3-7-11/h1-9H,10H2,(H,17,20)(H2,16,18,23). The summed E-state index contributed by atoms with van der Waals surface area (Å²) in [6, 6.07) is 15.3. The molecule has 0 fully saturated rings. The molecule has 7 nitrogen and oxygen atoms in total. The van der Waals surface area contributed by atoms with E-state index < -0.39 is 10.8 Å². The lowest BCUT2D eigenvalue weighted by Crippen LogP contribution is -2.46.